The molecule has 1 aromatic rings. The van der Waals surface area contributed by atoms with Crippen molar-refractivity contribution in [3.63, 3.8) is 0 Å². The van der Waals surface area contributed by atoms with E-state index < -0.39 is 12.0 Å². The van der Waals surface area contributed by atoms with Gasteiger partial charge in [-0.15, -0.1) is 0 Å². The van der Waals surface area contributed by atoms with Crippen LogP contribution in [-0.4, -0.2) is 41.7 Å². The SMILES string of the molecule is COc1cc(CNCC(NC(C)=O)C(=O)O)ccn1. The molecule has 0 aliphatic heterocycles. The second-order valence-corrected chi connectivity index (χ2v) is 3.93. The number of ether oxygens (including phenoxy) is 1. The summed E-state index contributed by atoms with van der Waals surface area (Å²) >= 11 is 0. The molecule has 0 spiro atoms. The van der Waals surface area contributed by atoms with Gasteiger partial charge in [-0.3, -0.25) is 4.79 Å². The number of hydrogen-bond donors (Lipinski definition) is 3. The minimum Gasteiger partial charge on any atom is -0.481 e. The number of nitrogens with zero attached hydrogens (tertiary/aromatic N) is 1. The van der Waals surface area contributed by atoms with Crippen LogP contribution in [0.5, 0.6) is 5.88 Å². The number of hydrogen-bond acceptors (Lipinski definition) is 5. The number of carboxylic acids is 1. The van der Waals surface area contributed by atoms with Gasteiger partial charge in [0.1, 0.15) is 6.04 Å². The quantitative estimate of drug-likeness (QED) is 0.631. The molecule has 0 saturated heterocycles. The number of aromatic nitrogens is 1. The third-order valence-electron chi connectivity index (χ3n) is 2.36. The first kappa shape index (κ1) is 14.9. The molecule has 1 aromatic heterocycles. The Bertz CT molecular complexity index is 450. The Morgan fingerprint density at radius 3 is 2.84 bits per heavy atom. The lowest BCUT2D eigenvalue weighted by atomic mass is 10.2. The first-order chi connectivity index (χ1) is 9.02. The van der Waals surface area contributed by atoms with Gasteiger partial charge in [0.15, 0.2) is 0 Å². The number of carboxylic acid groups (broad SMARTS) is 1. The van der Waals surface area contributed by atoms with Gasteiger partial charge in [-0.05, 0) is 11.6 Å². The van der Waals surface area contributed by atoms with Crippen molar-refractivity contribution in [1.82, 2.24) is 15.6 Å². The van der Waals surface area contributed by atoms with Gasteiger partial charge in [-0.2, -0.15) is 0 Å². The van der Waals surface area contributed by atoms with Crippen LogP contribution < -0.4 is 15.4 Å². The number of carbonyl (C=O) groups excluding carboxylic acids is 1. The number of nitrogens with one attached hydrogen (secondary N) is 2. The van der Waals surface area contributed by atoms with Gasteiger partial charge in [0, 0.05) is 32.3 Å². The molecule has 1 atom stereocenters. The van der Waals surface area contributed by atoms with Gasteiger partial charge in [-0.1, -0.05) is 0 Å². The molecular formula is C12H17N3O4. The molecule has 0 aromatic carbocycles. The Morgan fingerprint density at radius 1 is 1.53 bits per heavy atom. The average molecular weight is 267 g/mol. The maximum atomic E-state index is 10.9. The predicted octanol–water partition coefficient (Wildman–Crippen LogP) is -0.231. The highest BCUT2D eigenvalue weighted by Gasteiger charge is 2.17. The summed E-state index contributed by atoms with van der Waals surface area (Å²) in [5, 5.41) is 14.2. The Balaban J connectivity index is 2.47. The molecule has 0 aliphatic rings. The maximum Gasteiger partial charge on any atom is 0.327 e. The average Bonchev–Trinajstić information content (AvgIpc) is 2.37. The number of pyridine rings is 1. The number of carbonyl (C=O) groups is 2. The minimum atomic E-state index is -1.07. The summed E-state index contributed by atoms with van der Waals surface area (Å²) in [6.07, 6.45) is 1.61. The van der Waals surface area contributed by atoms with Crippen molar-refractivity contribution in [2.45, 2.75) is 19.5 Å². The number of amides is 1. The van der Waals surface area contributed by atoms with E-state index in [4.69, 9.17) is 9.84 Å². The third kappa shape index (κ3) is 5.35. The van der Waals surface area contributed by atoms with Crippen molar-refractivity contribution < 1.29 is 19.4 Å². The van der Waals surface area contributed by atoms with E-state index >= 15 is 0 Å². The van der Waals surface area contributed by atoms with Gasteiger partial charge < -0.3 is 20.5 Å². The lowest BCUT2D eigenvalue weighted by molar-refractivity contribution is -0.141. The Hall–Kier alpha value is -2.15. The van der Waals surface area contributed by atoms with E-state index in [-0.39, 0.29) is 12.5 Å². The second-order valence-electron chi connectivity index (χ2n) is 3.93. The highest BCUT2D eigenvalue weighted by atomic mass is 16.5. The Morgan fingerprint density at radius 2 is 2.26 bits per heavy atom. The normalized spacial score (nSPS) is 11.7. The molecule has 7 heteroatoms. The van der Waals surface area contributed by atoms with Crippen LogP contribution in [0.15, 0.2) is 18.3 Å². The summed E-state index contributed by atoms with van der Waals surface area (Å²) in [6, 6.07) is 2.60. The second kappa shape index (κ2) is 7.32. The summed E-state index contributed by atoms with van der Waals surface area (Å²) in [7, 11) is 1.52. The first-order valence-electron chi connectivity index (χ1n) is 5.72. The van der Waals surface area contributed by atoms with Gasteiger partial charge in [0.2, 0.25) is 11.8 Å². The topological polar surface area (TPSA) is 101 Å². The van der Waals surface area contributed by atoms with E-state index in [1.54, 1.807) is 18.3 Å². The van der Waals surface area contributed by atoms with E-state index in [1.165, 1.54) is 14.0 Å². The molecule has 1 unspecified atom stereocenters. The van der Waals surface area contributed by atoms with E-state index in [1.807, 2.05) is 0 Å². The van der Waals surface area contributed by atoms with Crippen LogP contribution in [0.25, 0.3) is 0 Å². The fourth-order valence-electron chi connectivity index (χ4n) is 1.48. The van der Waals surface area contributed by atoms with E-state index in [2.05, 4.69) is 15.6 Å². The zero-order chi connectivity index (χ0) is 14.3. The number of rotatable bonds is 7. The molecule has 19 heavy (non-hydrogen) atoms. The molecule has 0 bridgehead atoms. The minimum absolute atomic E-state index is 0.138. The standard InChI is InChI=1S/C12H17N3O4/c1-8(16)15-10(12(17)18)7-13-6-9-3-4-14-11(5-9)19-2/h3-5,10,13H,6-7H2,1-2H3,(H,15,16)(H,17,18). The molecule has 0 saturated carbocycles. The van der Waals surface area contributed by atoms with E-state index in [0.29, 0.717) is 12.4 Å². The van der Waals surface area contributed by atoms with Crippen molar-refractivity contribution in [3.8, 4) is 5.88 Å². The molecule has 3 N–H and O–H groups in total. The van der Waals surface area contributed by atoms with Crippen LogP contribution in [-0.2, 0) is 16.1 Å². The van der Waals surface area contributed by atoms with Crippen LogP contribution in [0.3, 0.4) is 0 Å². The van der Waals surface area contributed by atoms with Crippen LogP contribution >= 0.6 is 0 Å². The first-order valence-corrected chi connectivity index (χ1v) is 5.72. The molecule has 104 valence electrons. The van der Waals surface area contributed by atoms with Crippen LogP contribution in [0, 0.1) is 0 Å². The highest BCUT2D eigenvalue weighted by molar-refractivity contribution is 5.82. The maximum absolute atomic E-state index is 10.9. The Kier molecular flexibility index (Phi) is 5.74. The molecule has 0 fully saturated rings. The largest absolute Gasteiger partial charge is 0.481 e. The third-order valence-corrected chi connectivity index (χ3v) is 2.36. The van der Waals surface area contributed by atoms with E-state index in [0.717, 1.165) is 5.56 Å². The summed E-state index contributed by atoms with van der Waals surface area (Å²) in [5.41, 5.74) is 0.916. The van der Waals surface area contributed by atoms with Crippen molar-refractivity contribution in [3.05, 3.63) is 23.9 Å². The molecular weight excluding hydrogens is 250 g/mol. The predicted molar refractivity (Wildman–Crippen MR) is 67.7 cm³/mol. The molecule has 1 rings (SSSR count). The molecule has 1 amide bonds. The van der Waals surface area contributed by atoms with Gasteiger partial charge in [-0.25, -0.2) is 9.78 Å². The summed E-state index contributed by atoms with van der Waals surface area (Å²) in [6.45, 7) is 1.88. The van der Waals surface area contributed by atoms with Crippen LogP contribution in [0.4, 0.5) is 0 Å². The van der Waals surface area contributed by atoms with Crippen molar-refractivity contribution in [2.75, 3.05) is 13.7 Å². The lowest BCUT2D eigenvalue weighted by Crippen LogP contribution is -2.46. The highest BCUT2D eigenvalue weighted by Crippen LogP contribution is 2.07. The van der Waals surface area contributed by atoms with Crippen molar-refractivity contribution in [2.24, 2.45) is 0 Å². The van der Waals surface area contributed by atoms with Gasteiger partial charge >= 0.3 is 5.97 Å². The number of methoxy groups -OCH3 is 1. The zero-order valence-electron chi connectivity index (χ0n) is 10.8. The fourth-order valence-corrected chi connectivity index (χ4v) is 1.48. The fraction of sp³-hybridized carbons (Fsp3) is 0.417. The molecule has 0 aliphatic carbocycles. The monoisotopic (exact) mass is 267 g/mol. The lowest BCUT2D eigenvalue weighted by Gasteiger charge is -2.14. The number of aliphatic carboxylic acids is 1. The van der Waals surface area contributed by atoms with E-state index in [9.17, 15) is 9.59 Å². The van der Waals surface area contributed by atoms with Crippen molar-refractivity contribution >= 4 is 11.9 Å². The summed E-state index contributed by atoms with van der Waals surface area (Å²) in [4.78, 5) is 25.7. The van der Waals surface area contributed by atoms with Gasteiger partial charge in [0.25, 0.3) is 0 Å². The van der Waals surface area contributed by atoms with Crippen LogP contribution in [0.1, 0.15) is 12.5 Å². The van der Waals surface area contributed by atoms with Crippen molar-refractivity contribution in [1.29, 1.82) is 0 Å². The van der Waals surface area contributed by atoms with Gasteiger partial charge in [0.05, 0.1) is 7.11 Å². The summed E-state index contributed by atoms with van der Waals surface area (Å²) < 4.78 is 4.98. The molecule has 0 radical (unpaired) electrons. The Labute approximate surface area is 111 Å². The smallest absolute Gasteiger partial charge is 0.327 e. The van der Waals surface area contributed by atoms with Crippen LogP contribution in [0.2, 0.25) is 0 Å². The summed E-state index contributed by atoms with van der Waals surface area (Å²) in [5.74, 6) is -0.953. The molecule has 7 nitrogen and oxygen atoms in total. The zero-order valence-corrected chi connectivity index (χ0v) is 10.8. The molecule has 1 heterocycles.